The number of pyridine rings is 1. The van der Waals surface area contributed by atoms with Gasteiger partial charge in [-0.05, 0) is 40.5 Å². The monoisotopic (exact) mass is 197 g/mol. The zero-order chi connectivity index (χ0) is 7.56. The second-order valence-electron chi connectivity index (χ2n) is 2.12. The Hall–Kier alpha value is -0.630. The Bertz CT molecular complexity index is 255. The van der Waals surface area contributed by atoms with E-state index in [2.05, 4.69) is 27.5 Å². The molecule has 1 aromatic rings. The topological polar surface area (TPSA) is 12.9 Å². The van der Waals surface area contributed by atoms with Crippen molar-refractivity contribution in [2.24, 2.45) is 0 Å². The lowest BCUT2D eigenvalue weighted by atomic mass is 10.2. The second-order valence-corrected chi connectivity index (χ2v) is 3.08. The summed E-state index contributed by atoms with van der Waals surface area (Å²) >= 11 is 3.26. The van der Waals surface area contributed by atoms with Crippen molar-refractivity contribution in [1.29, 1.82) is 0 Å². The number of halogens is 1. The highest BCUT2D eigenvalue weighted by molar-refractivity contribution is 9.15. The molecule has 0 amide bonds. The molecule has 0 aliphatic heterocycles. The molecule has 52 valence electrons. The van der Waals surface area contributed by atoms with Crippen molar-refractivity contribution in [3.63, 3.8) is 0 Å². The lowest BCUT2D eigenvalue weighted by Crippen LogP contribution is -1.82. The third-order valence-corrected chi connectivity index (χ3v) is 1.60. The lowest BCUT2D eigenvalue weighted by molar-refractivity contribution is 1.26. The summed E-state index contributed by atoms with van der Waals surface area (Å²) in [6, 6.07) is 3.94. The average molecular weight is 198 g/mol. The molecular weight excluding hydrogens is 190 g/mol. The summed E-state index contributed by atoms with van der Waals surface area (Å²) in [6.45, 7) is 5.75. The Morgan fingerprint density at radius 1 is 1.70 bits per heavy atom. The molecule has 0 fully saturated rings. The summed E-state index contributed by atoms with van der Waals surface area (Å²) in [4.78, 5) is 4.09. The normalized spacial score (nSPS) is 9.40. The Morgan fingerprint density at radius 3 is 2.80 bits per heavy atom. The van der Waals surface area contributed by atoms with Gasteiger partial charge >= 0.3 is 0 Å². The van der Waals surface area contributed by atoms with Gasteiger partial charge in [-0.3, -0.25) is 4.98 Å². The molecule has 1 rings (SSSR count). The van der Waals surface area contributed by atoms with Crippen LogP contribution >= 0.6 is 15.9 Å². The highest BCUT2D eigenvalue weighted by atomic mass is 79.9. The van der Waals surface area contributed by atoms with E-state index in [9.17, 15) is 0 Å². The summed E-state index contributed by atoms with van der Waals surface area (Å²) in [5, 5.41) is 0. The van der Waals surface area contributed by atoms with Crippen LogP contribution in [0.15, 0.2) is 24.9 Å². The van der Waals surface area contributed by atoms with E-state index in [1.165, 1.54) is 5.56 Å². The molecule has 0 aliphatic rings. The van der Waals surface area contributed by atoms with Crippen molar-refractivity contribution in [2.75, 3.05) is 0 Å². The van der Waals surface area contributed by atoms with Crippen LogP contribution in [0.4, 0.5) is 0 Å². The minimum absolute atomic E-state index is 0.830. The molecule has 0 radical (unpaired) electrons. The summed E-state index contributed by atoms with van der Waals surface area (Å²) in [5.74, 6) is 0. The number of nitrogens with zero attached hydrogens (tertiary/aromatic N) is 1. The predicted molar refractivity (Wildman–Crippen MR) is 46.9 cm³/mol. The fourth-order valence-electron chi connectivity index (χ4n) is 0.685. The Kier molecular flexibility index (Phi) is 2.22. The van der Waals surface area contributed by atoms with Crippen LogP contribution in [0.2, 0.25) is 0 Å². The van der Waals surface area contributed by atoms with Gasteiger partial charge in [0.2, 0.25) is 0 Å². The van der Waals surface area contributed by atoms with E-state index in [4.69, 9.17) is 0 Å². The van der Waals surface area contributed by atoms with Crippen molar-refractivity contribution in [2.45, 2.75) is 6.92 Å². The molecule has 0 atom stereocenters. The van der Waals surface area contributed by atoms with Crippen LogP contribution in [0.5, 0.6) is 0 Å². The van der Waals surface area contributed by atoms with Gasteiger partial charge in [0.15, 0.2) is 0 Å². The maximum atomic E-state index is 4.09. The van der Waals surface area contributed by atoms with Gasteiger partial charge in [0.25, 0.3) is 0 Å². The van der Waals surface area contributed by atoms with Crippen LogP contribution in [-0.2, 0) is 0 Å². The molecule has 0 saturated heterocycles. The molecule has 2 heteroatoms. The number of hydrogen-bond donors (Lipinski definition) is 0. The van der Waals surface area contributed by atoms with Gasteiger partial charge in [-0.25, -0.2) is 0 Å². The van der Waals surface area contributed by atoms with Gasteiger partial charge in [0.05, 0.1) is 5.69 Å². The highest BCUT2D eigenvalue weighted by Crippen LogP contribution is 2.15. The minimum atomic E-state index is 0.830. The predicted octanol–water partition coefficient (Wildman–Crippen LogP) is 2.76. The highest BCUT2D eigenvalue weighted by Gasteiger charge is 1.93. The second kappa shape index (κ2) is 2.97. The third-order valence-electron chi connectivity index (χ3n) is 1.19. The molecule has 1 nitrogen and oxygen atoms in total. The van der Waals surface area contributed by atoms with Gasteiger partial charge in [-0.2, -0.15) is 0 Å². The van der Waals surface area contributed by atoms with Crippen LogP contribution in [0.1, 0.15) is 11.3 Å². The fraction of sp³-hybridized carbons (Fsp3) is 0.125. The number of aryl methyl sites for hydroxylation is 1. The molecule has 0 aliphatic carbocycles. The first-order valence-electron chi connectivity index (χ1n) is 2.97. The van der Waals surface area contributed by atoms with Crippen LogP contribution in [0.3, 0.4) is 0 Å². The van der Waals surface area contributed by atoms with Crippen molar-refractivity contribution < 1.29 is 0 Å². The smallest absolute Gasteiger partial charge is 0.0768 e. The van der Waals surface area contributed by atoms with Gasteiger partial charge in [-0.1, -0.05) is 6.58 Å². The van der Waals surface area contributed by atoms with Crippen LogP contribution < -0.4 is 0 Å². The van der Waals surface area contributed by atoms with Crippen LogP contribution in [0.25, 0.3) is 4.48 Å². The molecule has 0 unspecified atom stereocenters. The van der Waals surface area contributed by atoms with E-state index >= 15 is 0 Å². The maximum absolute atomic E-state index is 4.09. The van der Waals surface area contributed by atoms with Gasteiger partial charge in [0, 0.05) is 10.7 Å². The van der Waals surface area contributed by atoms with Gasteiger partial charge in [0.1, 0.15) is 0 Å². The molecular formula is C8H8BrN. The Balaban J connectivity index is 3.07. The van der Waals surface area contributed by atoms with E-state index in [0.29, 0.717) is 0 Å². The van der Waals surface area contributed by atoms with Gasteiger partial charge < -0.3 is 0 Å². The zero-order valence-electron chi connectivity index (χ0n) is 5.76. The van der Waals surface area contributed by atoms with Crippen LogP contribution in [-0.4, -0.2) is 4.98 Å². The number of hydrogen-bond acceptors (Lipinski definition) is 1. The third kappa shape index (κ3) is 1.67. The lowest BCUT2D eigenvalue weighted by Gasteiger charge is -1.96. The van der Waals surface area contributed by atoms with Crippen molar-refractivity contribution in [3.8, 4) is 0 Å². The average Bonchev–Trinajstić information content (AvgIpc) is 1.88. The molecule has 0 saturated carbocycles. The summed E-state index contributed by atoms with van der Waals surface area (Å²) in [6.07, 6.45) is 1.77. The molecule has 10 heavy (non-hydrogen) atoms. The van der Waals surface area contributed by atoms with E-state index in [0.717, 1.165) is 10.2 Å². The zero-order valence-corrected chi connectivity index (χ0v) is 7.35. The van der Waals surface area contributed by atoms with Crippen molar-refractivity contribution in [1.82, 2.24) is 4.98 Å². The molecule has 0 bridgehead atoms. The summed E-state index contributed by atoms with van der Waals surface area (Å²) in [5.41, 5.74) is 2.10. The number of aromatic nitrogens is 1. The largest absolute Gasteiger partial charge is 0.256 e. The Morgan fingerprint density at radius 2 is 2.40 bits per heavy atom. The Labute approximate surface area is 68.9 Å². The first-order chi connectivity index (χ1) is 4.70. The summed E-state index contributed by atoms with van der Waals surface area (Å²) < 4.78 is 0.830. The quantitative estimate of drug-likeness (QED) is 0.676. The maximum Gasteiger partial charge on any atom is 0.0768 e. The van der Waals surface area contributed by atoms with Crippen molar-refractivity contribution >= 4 is 20.4 Å². The van der Waals surface area contributed by atoms with E-state index in [-0.39, 0.29) is 0 Å². The number of rotatable bonds is 1. The van der Waals surface area contributed by atoms with Gasteiger partial charge in [-0.15, -0.1) is 0 Å². The molecule has 0 spiro atoms. The SMILES string of the molecule is C=C(Br)c1cc(C)ccn1. The van der Waals surface area contributed by atoms with E-state index in [1.54, 1.807) is 6.20 Å². The van der Waals surface area contributed by atoms with Crippen LogP contribution in [0, 0.1) is 6.92 Å². The standard InChI is InChI=1S/C8H8BrN/c1-6-3-4-10-8(5-6)7(2)9/h3-5H,2H2,1H3. The first kappa shape index (κ1) is 7.48. The van der Waals surface area contributed by atoms with Crippen molar-refractivity contribution in [3.05, 3.63) is 36.2 Å². The van der Waals surface area contributed by atoms with E-state index in [1.807, 2.05) is 19.1 Å². The molecule has 0 N–H and O–H groups in total. The molecule has 1 heterocycles. The molecule has 0 aromatic carbocycles. The summed E-state index contributed by atoms with van der Waals surface area (Å²) in [7, 11) is 0. The minimum Gasteiger partial charge on any atom is -0.256 e. The molecule has 1 aromatic heterocycles. The van der Waals surface area contributed by atoms with E-state index < -0.39 is 0 Å². The fourth-order valence-corrected chi connectivity index (χ4v) is 0.901. The first-order valence-corrected chi connectivity index (χ1v) is 3.77.